The van der Waals surface area contributed by atoms with E-state index in [1.807, 2.05) is 0 Å². The van der Waals surface area contributed by atoms with E-state index in [1.54, 1.807) is 20.8 Å². The first-order valence-electron chi connectivity index (χ1n) is 7.19. The molecule has 0 saturated heterocycles. The second-order valence-electron chi connectivity index (χ2n) is 6.36. The van der Waals surface area contributed by atoms with Gasteiger partial charge in [0.15, 0.2) is 0 Å². The molecule has 0 fully saturated rings. The minimum Gasteiger partial charge on any atom is -0.481 e. The number of carboxylic acids is 1. The van der Waals surface area contributed by atoms with Crippen molar-refractivity contribution in [2.75, 3.05) is 0 Å². The first-order valence-corrected chi connectivity index (χ1v) is 7.19. The first kappa shape index (κ1) is 20.0. The number of ether oxygens (including phenoxy) is 1. The highest BCUT2D eigenvalue weighted by Gasteiger charge is 2.40. The van der Waals surface area contributed by atoms with Crippen LogP contribution in [0.2, 0.25) is 0 Å². The van der Waals surface area contributed by atoms with Crippen LogP contribution < -0.4 is 5.73 Å². The van der Waals surface area contributed by atoms with Crippen molar-refractivity contribution in [3.8, 4) is 0 Å². The normalized spacial score (nSPS) is 14.8. The van der Waals surface area contributed by atoms with E-state index in [-0.39, 0.29) is 0 Å². The standard InChI is InChI=1S/C16H20F3NO4/c1-15(2,3)24-14(23)13(11(20)8-12(21)22)9-6-4-5-7-10(9)16(17,18)19/h4-7,11,13H,8,20H2,1-3H3,(H,21,22)/t11-,13+/m0/s1. The fourth-order valence-electron chi connectivity index (χ4n) is 2.24. The number of rotatable bonds is 5. The number of carboxylic acid groups (broad SMARTS) is 1. The molecular weight excluding hydrogens is 327 g/mol. The number of aliphatic carboxylic acids is 1. The predicted molar refractivity (Wildman–Crippen MR) is 80.3 cm³/mol. The monoisotopic (exact) mass is 347 g/mol. The maximum absolute atomic E-state index is 13.2. The molecule has 0 bridgehead atoms. The highest BCUT2D eigenvalue weighted by molar-refractivity contribution is 5.81. The average Bonchev–Trinajstić information content (AvgIpc) is 2.35. The number of esters is 1. The Balaban J connectivity index is 3.38. The van der Waals surface area contributed by atoms with Crippen LogP contribution in [0.5, 0.6) is 0 Å². The van der Waals surface area contributed by atoms with Crippen LogP contribution in [0.15, 0.2) is 24.3 Å². The Bertz CT molecular complexity index is 608. The molecule has 2 atom stereocenters. The Morgan fingerprint density at radius 2 is 1.75 bits per heavy atom. The van der Waals surface area contributed by atoms with Crippen molar-refractivity contribution < 1.29 is 32.6 Å². The molecular formula is C16H20F3NO4. The Hall–Kier alpha value is -2.09. The predicted octanol–water partition coefficient (Wildman–Crippen LogP) is 2.93. The second-order valence-corrected chi connectivity index (χ2v) is 6.36. The van der Waals surface area contributed by atoms with Crippen molar-refractivity contribution in [2.24, 2.45) is 5.73 Å². The molecule has 0 heterocycles. The molecule has 1 aromatic rings. The summed E-state index contributed by atoms with van der Waals surface area (Å²) in [5, 5.41) is 8.87. The van der Waals surface area contributed by atoms with Crippen LogP contribution in [0.3, 0.4) is 0 Å². The summed E-state index contributed by atoms with van der Waals surface area (Å²) in [4.78, 5) is 23.3. The summed E-state index contributed by atoms with van der Waals surface area (Å²) in [5.74, 6) is -3.85. The van der Waals surface area contributed by atoms with Gasteiger partial charge in [-0.3, -0.25) is 9.59 Å². The Morgan fingerprint density at radius 1 is 1.21 bits per heavy atom. The van der Waals surface area contributed by atoms with Gasteiger partial charge in [-0.1, -0.05) is 18.2 Å². The molecule has 0 aliphatic heterocycles. The molecule has 5 nitrogen and oxygen atoms in total. The fraction of sp³-hybridized carbons (Fsp3) is 0.500. The lowest BCUT2D eigenvalue weighted by Gasteiger charge is -2.28. The molecule has 0 aliphatic rings. The van der Waals surface area contributed by atoms with Crippen molar-refractivity contribution in [3.05, 3.63) is 35.4 Å². The average molecular weight is 347 g/mol. The van der Waals surface area contributed by atoms with Crippen LogP contribution in [0.25, 0.3) is 0 Å². The molecule has 1 aromatic carbocycles. The van der Waals surface area contributed by atoms with E-state index in [9.17, 15) is 22.8 Å². The van der Waals surface area contributed by atoms with E-state index in [1.165, 1.54) is 12.1 Å². The van der Waals surface area contributed by atoms with Gasteiger partial charge in [-0.05, 0) is 32.4 Å². The van der Waals surface area contributed by atoms with Gasteiger partial charge < -0.3 is 15.6 Å². The minimum absolute atomic E-state index is 0.395. The minimum atomic E-state index is -4.71. The number of carbonyl (C=O) groups excluding carboxylic acids is 1. The van der Waals surface area contributed by atoms with Crippen LogP contribution >= 0.6 is 0 Å². The number of hydrogen-bond donors (Lipinski definition) is 2. The first-order chi connectivity index (χ1) is 10.8. The second kappa shape index (κ2) is 7.21. The topological polar surface area (TPSA) is 89.6 Å². The summed E-state index contributed by atoms with van der Waals surface area (Å²) >= 11 is 0. The Morgan fingerprint density at radius 3 is 2.21 bits per heavy atom. The maximum atomic E-state index is 13.2. The maximum Gasteiger partial charge on any atom is 0.416 e. The summed E-state index contributed by atoms with van der Waals surface area (Å²) in [5.41, 5.74) is 3.35. The van der Waals surface area contributed by atoms with Crippen LogP contribution in [0.1, 0.15) is 44.2 Å². The molecule has 0 spiro atoms. The van der Waals surface area contributed by atoms with Gasteiger partial charge >= 0.3 is 18.1 Å². The zero-order chi connectivity index (χ0) is 18.7. The molecule has 0 unspecified atom stereocenters. The fourth-order valence-corrected chi connectivity index (χ4v) is 2.24. The van der Waals surface area contributed by atoms with Crippen LogP contribution in [0, 0.1) is 0 Å². The van der Waals surface area contributed by atoms with Gasteiger partial charge in [0.1, 0.15) is 5.60 Å². The van der Waals surface area contributed by atoms with E-state index >= 15 is 0 Å². The third-order valence-electron chi connectivity index (χ3n) is 3.10. The zero-order valence-electron chi connectivity index (χ0n) is 13.6. The molecule has 0 saturated carbocycles. The summed E-state index contributed by atoms with van der Waals surface area (Å²) in [7, 11) is 0. The summed E-state index contributed by atoms with van der Waals surface area (Å²) in [6, 6.07) is 3.08. The van der Waals surface area contributed by atoms with E-state index in [0.717, 1.165) is 12.1 Å². The van der Waals surface area contributed by atoms with Crippen molar-refractivity contribution in [1.82, 2.24) is 0 Å². The Labute approximate surface area is 137 Å². The van der Waals surface area contributed by atoms with Gasteiger partial charge in [0.25, 0.3) is 0 Å². The van der Waals surface area contributed by atoms with E-state index in [4.69, 9.17) is 15.6 Å². The summed E-state index contributed by atoms with van der Waals surface area (Å²) in [6.07, 6.45) is -5.38. The van der Waals surface area contributed by atoms with E-state index in [2.05, 4.69) is 0 Å². The molecule has 8 heteroatoms. The van der Waals surface area contributed by atoms with Crippen molar-refractivity contribution in [2.45, 2.75) is 50.9 Å². The third kappa shape index (κ3) is 5.52. The number of halogens is 3. The van der Waals surface area contributed by atoms with E-state index < -0.39 is 53.2 Å². The van der Waals surface area contributed by atoms with Gasteiger partial charge in [-0.2, -0.15) is 13.2 Å². The zero-order valence-corrected chi connectivity index (χ0v) is 13.6. The highest BCUT2D eigenvalue weighted by Crippen LogP contribution is 2.37. The SMILES string of the molecule is CC(C)(C)OC(=O)[C@H](c1ccccc1C(F)(F)F)[C@@H](N)CC(=O)O. The molecule has 1 rings (SSSR count). The number of hydrogen-bond acceptors (Lipinski definition) is 4. The lowest BCUT2D eigenvalue weighted by Crippen LogP contribution is -2.40. The van der Waals surface area contributed by atoms with Crippen molar-refractivity contribution in [3.63, 3.8) is 0 Å². The number of carbonyl (C=O) groups is 2. The van der Waals surface area contributed by atoms with Crippen molar-refractivity contribution in [1.29, 1.82) is 0 Å². The highest BCUT2D eigenvalue weighted by atomic mass is 19.4. The van der Waals surface area contributed by atoms with E-state index in [0.29, 0.717) is 0 Å². The number of nitrogens with two attached hydrogens (primary N) is 1. The molecule has 0 radical (unpaired) electrons. The van der Waals surface area contributed by atoms with Gasteiger partial charge in [0.2, 0.25) is 0 Å². The molecule has 24 heavy (non-hydrogen) atoms. The van der Waals surface area contributed by atoms with Crippen molar-refractivity contribution >= 4 is 11.9 Å². The summed E-state index contributed by atoms with van der Waals surface area (Å²) in [6.45, 7) is 4.67. The molecule has 3 N–H and O–H groups in total. The van der Waals surface area contributed by atoms with Gasteiger partial charge in [-0.25, -0.2) is 0 Å². The van der Waals surface area contributed by atoms with Crippen LogP contribution in [-0.4, -0.2) is 28.7 Å². The Kier molecular flexibility index (Phi) is 5.99. The lowest BCUT2D eigenvalue weighted by atomic mass is 9.86. The van der Waals surface area contributed by atoms with Gasteiger partial charge in [-0.15, -0.1) is 0 Å². The number of benzene rings is 1. The molecule has 0 aliphatic carbocycles. The van der Waals surface area contributed by atoms with Crippen LogP contribution in [0.4, 0.5) is 13.2 Å². The quantitative estimate of drug-likeness (QED) is 0.800. The molecule has 134 valence electrons. The summed E-state index contributed by atoms with van der Waals surface area (Å²) < 4.78 is 44.8. The molecule has 0 aromatic heterocycles. The number of alkyl halides is 3. The van der Waals surface area contributed by atoms with Crippen LogP contribution in [-0.2, 0) is 20.5 Å². The largest absolute Gasteiger partial charge is 0.481 e. The van der Waals surface area contributed by atoms with Gasteiger partial charge in [0.05, 0.1) is 17.9 Å². The third-order valence-corrected chi connectivity index (χ3v) is 3.10. The smallest absolute Gasteiger partial charge is 0.416 e. The van der Waals surface area contributed by atoms with Gasteiger partial charge in [0, 0.05) is 6.04 Å². The lowest BCUT2D eigenvalue weighted by molar-refractivity contribution is -0.158. The molecule has 0 amide bonds.